The Morgan fingerprint density at radius 2 is 1.53 bits per heavy atom. The van der Waals surface area contributed by atoms with E-state index in [2.05, 4.69) is 68.4 Å². The molecule has 0 fully saturated rings. The third-order valence-corrected chi connectivity index (χ3v) is 5.05. The molecule has 0 saturated carbocycles. The molecule has 0 aliphatic carbocycles. The molecule has 3 aromatic rings. The summed E-state index contributed by atoms with van der Waals surface area (Å²) in [4.78, 5) is 13.0. The summed E-state index contributed by atoms with van der Waals surface area (Å²) in [6.45, 7) is 14.6. The van der Waals surface area contributed by atoms with Gasteiger partial charge in [-0.1, -0.05) is 38.1 Å². The molecule has 1 N–H and O–H groups in total. The number of benzene rings is 2. The molecule has 0 aliphatic heterocycles. The van der Waals surface area contributed by atoms with E-state index >= 15 is 0 Å². The highest BCUT2D eigenvalue weighted by molar-refractivity contribution is 5.97. The Hall–Kier alpha value is -2.88. The van der Waals surface area contributed by atoms with Gasteiger partial charge in [-0.15, -0.1) is 0 Å². The first kappa shape index (κ1) is 21.8. The Morgan fingerprint density at radius 3 is 2.10 bits per heavy atom. The lowest BCUT2D eigenvalue weighted by molar-refractivity contribution is 0.0919. The minimum absolute atomic E-state index is 0.0694. The lowest BCUT2D eigenvalue weighted by atomic mass is 9.95. The van der Waals surface area contributed by atoms with Crippen LogP contribution in [0, 0.1) is 0 Å². The Bertz CT molecular complexity index is 1020. The largest absolute Gasteiger partial charge is 0.347 e. The maximum Gasteiger partial charge on any atom is 0.251 e. The molecule has 2 aromatic carbocycles. The predicted molar refractivity (Wildman–Crippen MR) is 125 cm³/mol. The smallest absolute Gasteiger partial charge is 0.251 e. The molecule has 4 nitrogen and oxygen atoms in total. The summed E-state index contributed by atoms with van der Waals surface area (Å²) < 4.78 is 1.99. The van der Waals surface area contributed by atoms with Gasteiger partial charge in [0, 0.05) is 28.9 Å². The minimum atomic E-state index is -0.300. The molecule has 30 heavy (non-hydrogen) atoms. The molecule has 1 amide bonds. The van der Waals surface area contributed by atoms with Crippen LogP contribution in [-0.4, -0.2) is 21.2 Å². The van der Waals surface area contributed by atoms with E-state index in [0.29, 0.717) is 11.5 Å². The quantitative estimate of drug-likeness (QED) is 0.532. The maximum absolute atomic E-state index is 13.0. The van der Waals surface area contributed by atoms with Crippen molar-refractivity contribution in [3.05, 3.63) is 65.9 Å². The zero-order chi connectivity index (χ0) is 22.1. The van der Waals surface area contributed by atoms with Gasteiger partial charge in [0.05, 0.1) is 5.69 Å². The third-order valence-electron chi connectivity index (χ3n) is 5.05. The number of carbonyl (C=O) groups excluding carboxylic acids is 1. The van der Waals surface area contributed by atoms with Crippen LogP contribution in [-0.2, 0) is 0 Å². The number of hydrogen-bond acceptors (Lipinski definition) is 2. The summed E-state index contributed by atoms with van der Waals surface area (Å²) in [7, 11) is 0. The highest BCUT2D eigenvalue weighted by Crippen LogP contribution is 2.30. The first-order valence-electron chi connectivity index (χ1n) is 10.7. The van der Waals surface area contributed by atoms with Gasteiger partial charge in [-0.3, -0.25) is 9.48 Å². The van der Waals surface area contributed by atoms with E-state index in [0.717, 1.165) is 22.4 Å². The molecule has 0 unspecified atom stereocenters. The molecule has 4 heteroatoms. The van der Waals surface area contributed by atoms with Gasteiger partial charge in [0.1, 0.15) is 0 Å². The molecule has 1 heterocycles. The van der Waals surface area contributed by atoms with E-state index < -0.39 is 0 Å². The zero-order valence-corrected chi connectivity index (χ0v) is 19.2. The van der Waals surface area contributed by atoms with Crippen LogP contribution in [0.25, 0.3) is 22.4 Å². The van der Waals surface area contributed by atoms with E-state index in [1.807, 2.05) is 49.8 Å². The molecule has 0 saturated heterocycles. The average Bonchev–Trinajstić information content (AvgIpc) is 3.16. The molecule has 0 atom stereocenters. The number of rotatable bonds is 5. The van der Waals surface area contributed by atoms with Crippen LogP contribution in [0.4, 0.5) is 0 Å². The molecule has 158 valence electrons. The fourth-order valence-corrected chi connectivity index (χ4v) is 3.50. The first-order valence-corrected chi connectivity index (χ1v) is 10.7. The van der Waals surface area contributed by atoms with Gasteiger partial charge in [-0.25, -0.2) is 0 Å². The fraction of sp³-hybridized carbons (Fsp3) is 0.385. The van der Waals surface area contributed by atoms with Crippen LogP contribution < -0.4 is 5.32 Å². The fourth-order valence-electron chi connectivity index (χ4n) is 3.50. The Labute approximate surface area is 180 Å². The lowest BCUT2D eigenvalue weighted by Crippen LogP contribution is -2.40. The number of hydrogen-bond donors (Lipinski definition) is 1. The monoisotopic (exact) mass is 403 g/mol. The summed E-state index contributed by atoms with van der Waals surface area (Å²) in [5.74, 6) is 0.416. The Balaban J connectivity index is 2.13. The van der Waals surface area contributed by atoms with Gasteiger partial charge < -0.3 is 5.32 Å². The van der Waals surface area contributed by atoms with Crippen molar-refractivity contribution in [1.82, 2.24) is 15.1 Å². The SMILES string of the molecule is CC(C)c1ccc(-c2cc(C(=O)NC(C)(C)C)cc(-c3ccnn3C(C)C)c2)cc1. The predicted octanol–water partition coefficient (Wildman–Crippen LogP) is 6.45. The average molecular weight is 404 g/mol. The molecule has 1 aromatic heterocycles. The first-order chi connectivity index (χ1) is 14.0. The standard InChI is InChI=1S/C26H33N3O/c1-17(2)19-8-10-20(11-9-19)21-14-22(24-12-13-27-29(24)18(3)4)16-23(15-21)25(30)28-26(5,6)7/h8-18H,1-7H3,(H,28,30). The van der Waals surface area contributed by atoms with Gasteiger partial charge in [-0.2, -0.15) is 5.10 Å². The van der Waals surface area contributed by atoms with E-state index in [-0.39, 0.29) is 17.5 Å². The van der Waals surface area contributed by atoms with Gasteiger partial charge in [-0.05, 0) is 81.5 Å². The second kappa shape index (κ2) is 8.47. The van der Waals surface area contributed by atoms with Crippen molar-refractivity contribution >= 4 is 5.91 Å². The molecular weight excluding hydrogens is 370 g/mol. The number of aromatic nitrogens is 2. The molecule has 3 rings (SSSR count). The lowest BCUT2D eigenvalue weighted by Gasteiger charge is -2.21. The number of nitrogens with one attached hydrogen (secondary N) is 1. The summed E-state index contributed by atoms with van der Waals surface area (Å²) in [6, 6.07) is 16.9. The van der Waals surface area contributed by atoms with Crippen LogP contribution in [0.3, 0.4) is 0 Å². The molecule has 0 aliphatic rings. The van der Waals surface area contributed by atoms with Gasteiger partial charge in [0.25, 0.3) is 5.91 Å². The molecule has 0 spiro atoms. The van der Waals surface area contributed by atoms with Crippen LogP contribution in [0.5, 0.6) is 0 Å². The molecule has 0 bridgehead atoms. The Morgan fingerprint density at radius 1 is 0.900 bits per heavy atom. The van der Waals surface area contributed by atoms with Gasteiger partial charge in [0.15, 0.2) is 0 Å². The van der Waals surface area contributed by atoms with Crippen molar-refractivity contribution in [2.24, 2.45) is 0 Å². The second-order valence-corrected chi connectivity index (χ2v) is 9.53. The van der Waals surface area contributed by atoms with Gasteiger partial charge >= 0.3 is 0 Å². The van der Waals surface area contributed by atoms with Crippen molar-refractivity contribution < 1.29 is 4.79 Å². The van der Waals surface area contributed by atoms with Crippen molar-refractivity contribution in [3.63, 3.8) is 0 Å². The summed E-state index contributed by atoms with van der Waals surface area (Å²) >= 11 is 0. The number of nitrogens with zero attached hydrogens (tertiary/aromatic N) is 2. The second-order valence-electron chi connectivity index (χ2n) is 9.53. The summed E-state index contributed by atoms with van der Waals surface area (Å²) in [5.41, 5.74) is 5.79. The van der Waals surface area contributed by atoms with Crippen LogP contribution >= 0.6 is 0 Å². The summed E-state index contributed by atoms with van der Waals surface area (Å²) in [6.07, 6.45) is 1.81. The Kier molecular flexibility index (Phi) is 6.16. The van der Waals surface area contributed by atoms with Crippen molar-refractivity contribution in [3.8, 4) is 22.4 Å². The normalized spacial score (nSPS) is 11.9. The van der Waals surface area contributed by atoms with Crippen LogP contribution in [0.2, 0.25) is 0 Å². The van der Waals surface area contributed by atoms with Crippen molar-refractivity contribution in [1.29, 1.82) is 0 Å². The van der Waals surface area contributed by atoms with Gasteiger partial charge in [0.2, 0.25) is 0 Å². The van der Waals surface area contributed by atoms with E-state index in [1.54, 1.807) is 0 Å². The topological polar surface area (TPSA) is 46.9 Å². The van der Waals surface area contributed by atoms with Crippen LogP contribution in [0.15, 0.2) is 54.7 Å². The highest BCUT2D eigenvalue weighted by Gasteiger charge is 2.18. The third kappa shape index (κ3) is 4.99. The summed E-state index contributed by atoms with van der Waals surface area (Å²) in [5, 5.41) is 7.56. The maximum atomic E-state index is 13.0. The molecule has 0 radical (unpaired) electrons. The zero-order valence-electron chi connectivity index (χ0n) is 19.2. The van der Waals surface area contributed by atoms with E-state index in [4.69, 9.17) is 0 Å². The van der Waals surface area contributed by atoms with E-state index in [1.165, 1.54) is 5.56 Å². The van der Waals surface area contributed by atoms with Crippen LogP contribution in [0.1, 0.15) is 76.3 Å². The number of amides is 1. The number of carbonyl (C=O) groups is 1. The minimum Gasteiger partial charge on any atom is -0.347 e. The van der Waals surface area contributed by atoms with E-state index in [9.17, 15) is 4.79 Å². The molecular formula is C26H33N3O. The van der Waals surface area contributed by atoms with Crippen molar-refractivity contribution in [2.75, 3.05) is 0 Å². The van der Waals surface area contributed by atoms with Crippen molar-refractivity contribution in [2.45, 2.75) is 66.0 Å². The highest BCUT2D eigenvalue weighted by atomic mass is 16.1.